The Balaban J connectivity index is 1.52. The number of guanidine groups is 1. The Labute approximate surface area is 172 Å². The molecular formula is C21H31N5OS. The molecule has 2 heterocycles. The molecule has 1 aromatic carbocycles. The monoisotopic (exact) mass is 401 g/mol. The van der Waals surface area contributed by atoms with Crippen LogP contribution in [0, 0.1) is 0 Å². The molecule has 3 rings (SSSR count). The third-order valence-corrected chi connectivity index (χ3v) is 6.17. The molecule has 0 radical (unpaired) electrons. The summed E-state index contributed by atoms with van der Waals surface area (Å²) >= 11 is 1.73. The fraction of sp³-hybridized carbons (Fsp3) is 0.524. The van der Waals surface area contributed by atoms with Crippen molar-refractivity contribution in [2.24, 2.45) is 4.99 Å². The van der Waals surface area contributed by atoms with E-state index < -0.39 is 0 Å². The van der Waals surface area contributed by atoms with E-state index in [4.69, 9.17) is 9.72 Å². The summed E-state index contributed by atoms with van der Waals surface area (Å²) in [5, 5.41) is 6.79. The molecule has 6 nitrogen and oxygen atoms in total. The molecule has 0 saturated carbocycles. The van der Waals surface area contributed by atoms with E-state index in [2.05, 4.69) is 58.4 Å². The molecule has 0 atom stereocenters. The van der Waals surface area contributed by atoms with E-state index in [0.717, 1.165) is 43.6 Å². The van der Waals surface area contributed by atoms with Gasteiger partial charge in [0.25, 0.3) is 0 Å². The quantitative estimate of drug-likeness (QED) is 0.629. The summed E-state index contributed by atoms with van der Waals surface area (Å²) in [5.41, 5.74) is 2.41. The van der Waals surface area contributed by atoms with Gasteiger partial charge in [0, 0.05) is 49.7 Å². The maximum Gasteiger partial charge on any atom is 0.194 e. The normalized spacial score (nSPS) is 15.7. The molecule has 28 heavy (non-hydrogen) atoms. The summed E-state index contributed by atoms with van der Waals surface area (Å²) in [5.74, 6) is 1.84. The van der Waals surface area contributed by atoms with Gasteiger partial charge < -0.3 is 19.9 Å². The van der Waals surface area contributed by atoms with Crippen molar-refractivity contribution in [3.8, 4) is 5.75 Å². The molecule has 0 amide bonds. The first-order valence-electron chi connectivity index (χ1n) is 9.70. The van der Waals surface area contributed by atoms with Crippen molar-refractivity contribution >= 4 is 23.0 Å². The highest BCUT2D eigenvalue weighted by molar-refractivity contribution is 7.09. The molecule has 1 aromatic heterocycles. The summed E-state index contributed by atoms with van der Waals surface area (Å²) in [6.07, 6.45) is 0. The topological polar surface area (TPSA) is 53.0 Å². The molecule has 1 aliphatic heterocycles. The summed E-state index contributed by atoms with van der Waals surface area (Å²) in [4.78, 5) is 14.0. The van der Waals surface area contributed by atoms with Crippen molar-refractivity contribution in [3.05, 3.63) is 40.3 Å². The Bertz CT molecular complexity index is 786. The SMILES string of the molecule is CN=C(NCc1csc(C(C)(C)C)n1)N1CCN(c2ccc(OC)cc2)CC1. The zero-order valence-corrected chi connectivity index (χ0v) is 18.3. The molecule has 1 N–H and O–H groups in total. The van der Waals surface area contributed by atoms with Crippen molar-refractivity contribution in [2.75, 3.05) is 45.2 Å². The molecule has 0 spiro atoms. The average Bonchev–Trinajstić information content (AvgIpc) is 3.19. The van der Waals surface area contributed by atoms with E-state index in [0.29, 0.717) is 6.54 Å². The van der Waals surface area contributed by atoms with Gasteiger partial charge in [-0.3, -0.25) is 4.99 Å². The van der Waals surface area contributed by atoms with Gasteiger partial charge in [0.1, 0.15) is 5.75 Å². The van der Waals surface area contributed by atoms with Crippen molar-refractivity contribution in [2.45, 2.75) is 32.7 Å². The summed E-state index contributed by atoms with van der Waals surface area (Å²) in [7, 11) is 3.54. The van der Waals surface area contributed by atoms with Crippen LogP contribution in [0.4, 0.5) is 5.69 Å². The van der Waals surface area contributed by atoms with Gasteiger partial charge in [-0.15, -0.1) is 11.3 Å². The minimum Gasteiger partial charge on any atom is -0.497 e. The standard InChI is InChI=1S/C21H31N5OS/c1-21(2,3)19-24-16(15-28-19)14-23-20(22-4)26-12-10-25(11-13-26)17-6-8-18(27-5)9-7-17/h6-9,15H,10-14H2,1-5H3,(H,22,23). The van der Waals surface area contributed by atoms with Crippen LogP contribution in [0.1, 0.15) is 31.5 Å². The van der Waals surface area contributed by atoms with Crippen LogP contribution in [-0.4, -0.2) is 56.2 Å². The lowest BCUT2D eigenvalue weighted by Crippen LogP contribution is -2.52. The minimum absolute atomic E-state index is 0.0996. The predicted molar refractivity (Wildman–Crippen MR) is 118 cm³/mol. The van der Waals surface area contributed by atoms with Crippen molar-refractivity contribution in [1.82, 2.24) is 15.2 Å². The van der Waals surface area contributed by atoms with Gasteiger partial charge in [-0.2, -0.15) is 0 Å². The van der Waals surface area contributed by atoms with Crippen LogP contribution in [0.25, 0.3) is 0 Å². The van der Waals surface area contributed by atoms with Crippen molar-refractivity contribution < 1.29 is 4.74 Å². The Morgan fingerprint density at radius 1 is 1.18 bits per heavy atom. The first-order valence-corrected chi connectivity index (χ1v) is 10.6. The van der Waals surface area contributed by atoms with E-state index in [1.54, 1.807) is 18.4 Å². The Hall–Kier alpha value is -2.28. The van der Waals surface area contributed by atoms with Crippen LogP contribution in [-0.2, 0) is 12.0 Å². The van der Waals surface area contributed by atoms with Gasteiger partial charge in [-0.05, 0) is 24.3 Å². The summed E-state index contributed by atoms with van der Waals surface area (Å²) in [6, 6.07) is 8.27. The van der Waals surface area contributed by atoms with Gasteiger partial charge in [-0.1, -0.05) is 20.8 Å². The molecule has 1 saturated heterocycles. The zero-order valence-electron chi connectivity index (χ0n) is 17.5. The lowest BCUT2D eigenvalue weighted by molar-refractivity contribution is 0.372. The number of ether oxygens (including phenoxy) is 1. The molecule has 152 valence electrons. The van der Waals surface area contributed by atoms with E-state index in [9.17, 15) is 0 Å². The zero-order chi connectivity index (χ0) is 20.1. The number of nitrogens with one attached hydrogen (secondary N) is 1. The number of hydrogen-bond acceptors (Lipinski definition) is 5. The third kappa shape index (κ3) is 4.95. The first-order chi connectivity index (χ1) is 13.4. The number of aliphatic imine (C=N–C) groups is 1. The van der Waals surface area contributed by atoms with E-state index in [1.165, 1.54) is 10.7 Å². The fourth-order valence-corrected chi connectivity index (χ4v) is 4.11. The van der Waals surface area contributed by atoms with E-state index in [-0.39, 0.29) is 5.41 Å². The smallest absolute Gasteiger partial charge is 0.194 e. The largest absolute Gasteiger partial charge is 0.497 e. The maximum atomic E-state index is 5.25. The molecule has 2 aromatic rings. The first kappa shape index (κ1) is 20.5. The number of anilines is 1. The Kier molecular flexibility index (Phi) is 6.44. The predicted octanol–water partition coefficient (Wildman–Crippen LogP) is 3.35. The highest BCUT2D eigenvalue weighted by Gasteiger charge is 2.21. The lowest BCUT2D eigenvalue weighted by atomic mass is 9.98. The average molecular weight is 402 g/mol. The molecular weight excluding hydrogens is 370 g/mol. The molecule has 0 aliphatic carbocycles. The van der Waals surface area contributed by atoms with Gasteiger partial charge in [0.2, 0.25) is 0 Å². The number of nitrogens with zero attached hydrogens (tertiary/aromatic N) is 4. The van der Waals surface area contributed by atoms with Crippen LogP contribution in [0.15, 0.2) is 34.6 Å². The molecule has 1 aliphatic rings. The number of methoxy groups -OCH3 is 1. The van der Waals surface area contributed by atoms with E-state index >= 15 is 0 Å². The Morgan fingerprint density at radius 3 is 2.39 bits per heavy atom. The number of piperazine rings is 1. The highest BCUT2D eigenvalue weighted by Crippen LogP contribution is 2.25. The minimum atomic E-state index is 0.0996. The second-order valence-corrected chi connectivity index (χ2v) is 8.82. The highest BCUT2D eigenvalue weighted by atomic mass is 32.1. The van der Waals surface area contributed by atoms with Gasteiger partial charge in [-0.25, -0.2) is 4.98 Å². The number of hydrogen-bond donors (Lipinski definition) is 1. The summed E-state index contributed by atoms with van der Waals surface area (Å²) in [6.45, 7) is 11.1. The number of benzene rings is 1. The maximum absolute atomic E-state index is 5.25. The third-order valence-electron chi connectivity index (χ3n) is 4.85. The van der Waals surface area contributed by atoms with E-state index in [1.807, 2.05) is 19.2 Å². The lowest BCUT2D eigenvalue weighted by Gasteiger charge is -2.37. The molecule has 0 bridgehead atoms. The number of aromatic nitrogens is 1. The number of rotatable bonds is 4. The summed E-state index contributed by atoms with van der Waals surface area (Å²) < 4.78 is 5.25. The van der Waals surface area contributed by atoms with Gasteiger partial charge >= 0.3 is 0 Å². The van der Waals surface area contributed by atoms with Crippen LogP contribution in [0.3, 0.4) is 0 Å². The fourth-order valence-electron chi connectivity index (χ4n) is 3.20. The second-order valence-electron chi connectivity index (χ2n) is 7.97. The van der Waals surface area contributed by atoms with Gasteiger partial charge in [0.05, 0.1) is 24.4 Å². The van der Waals surface area contributed by atoms with Gasteiger partial charge in [0.15, 0.2) is 5.96 Å². The van der Waals surface area contributed by atoms with Crippen LogP contribution in [0.5, 0.6) is 5.75 Å². The second kappa shape index (κ2) is 8.82. The molecule has 1 fully saturated rings. The van der Waals surface area contributed by atoms with Crippen LogP contribution < -0.4 is 15.0 Å². The molecule has 7 heteroatoms. The van der Waals surface area contributed by atoms with Crippen molar-refractivity contribution in [1.29, 1.82) is 0 Å². The van der Waals surface area contributed by atoms with Crippen molar-refractivity contribution in [3.63, 3.8) is 0 Å². The van der Waals surface area contributed by atoms with Crippen LogP contribution >= 0.6 is 11.3 Å². The molecule has 0 unspecified atom stereocenters. The number of thiazole rings is 1. The Morgan fingerprint density at radius 2 is 1.86 bits per heavy atom. The van der Waals surface area contributed by atoms with Crippen LogP contribution in [0.2, 0.25) is 0 Å².